The number of imide groups is 1. The van der Waals surface area contributed by atoms with Crippen molar-refractivity contribution < 1.29 is 14.5 Å². The molecular weight excluding hydrogens is 540 g/mol. The van der Waals surface area contributed by atoms with E-state index in [0.717, 1.165) is 27.2 Å². The second-order valence-electron chi connectivity index (χ2n) is 8.27. The van der Waals surface area contributed by atoms with Gasteiger partial charge in [-0.3, -0.25) is 19.7 Å². The zero-order valence-corrected chi connectivity index (χ0v) is 19.5. The van der Waals surface area contributed by atoms with E-state index >= 15 is 0 Å². The van der Waals surface area contributed by atoms with Crippen LogP contribution in [-0.2, 0) is 13.9 Å². The standard InChI is InChI=1S/C24H14Br2N2O4/c25-12-9-10-17(18(11-12)28(31)32)27-22(29)20-19-13-5-1-3-7-15(13)24(26,21(20)23(27)30)16-8-4-2-6-14(16)19/h1-11,19-21H/t19?,20-,21-,24?/m0/s1. The minimum Gasteiger partial charge on any atom is -0.274 e. The summed E-state index contributed by atoms with van der Waals surface area (Å²) in [6.45, 7) is 0. The highest BCUT2D eigenvalue weighted by atomic mass is 79.9. The Hall–Kier alpha value is -2.84. The maximum Gasteiger partial charge on any atom is 0.294 e. The summed E-state index contributed by atoms with van der Waals surface area (Å²) in [5, 5.41) is 11.7. The van der Waals surface area contributed by atoms with Gasteiger partial charge in [0.2, 0.25) is 11.8 Å². The number of hydrogen-bond donors (Lipinski definition) is 0. The molecule has 1 fully saturated rings. The zero-order chi connectivity index (χ0) is 22.4. The zero-order valence-electron chi connectivity index (χ0n) is 16.4. The van der Waals surface area contributed by atoms with Crippen LogP contribution in [0.15, 0.2) is 71.2 Å². The van der Waals surface area contributed by atoms with E-state index in [1.807, 2.05) is 48.5 Å². The lowest BCUT2D eigenvalue weighted by molar-refractivity contribution is -0.384. The van der Waals surface area contributed by atoms with E-state index in [2.05, 4.69) is 31.9 Å². The summed E-state index contributed by atoms with van der Waals surface area (Å²) in [5.74, 6) is -2.45. The van der Waals surface area contributed by atoms with Gasteiger partial charge in [-0.2, -0.15) is 0 Å². The van der Waals surface area contributed by atoms with Crippen molar-refractivity contribution in [2.75, 3.05) is 4.90 Å². The van der Waals surface area contributed by atoms with Crippen LogP contribution in [0, 0.1) is 22.0 Å². The Morgan fingerprint density at radius 1 is 0.906 bits per heavy atom. The summed E-state index contributed by atoms with van der Waals surface area (Å²) in [6, 6.07) is 20.1. The molecule has 1 saturated heterocycles. The fraction of sp³-hybridized carbons (Fsp3) is 0.167. The third kappa shape index (κ3) is 2.29. The van der Waals surface area contributed by atoms with Crippen molar-refractivity contribution in [3.8, 4) is 0 Å². The molecule has 0 saturated carbocycles. The van der Waals surface area contributed by atoms with Gasteiger partial charge in [-0.15, -0.1) is 0 Å². The fourth-order valence-electron chi connectivity index (χ4n) is 5.75. The Bertz CT molecular complexity index is 1320. The van der Waals surface area contributed by atoms with E-state index < -0.39 is 32.9 Å². The first-order valence-corrected chi connectivity index (χ1v) is 11.6. The monoisotopic (exact) mass is 552 g/mol. The van der Waals surface area contributed by atoms with Gasteiger partial charge in [-0.05, 0) is 34.4 Å². The van der Waals surface area contributed by atoms with E-state index in [0.29, 0.717) is 4.47 Å². The number of nitro groups is 1. The number of anilines is 1. The summed E-state index contributed by atoms with van der Waals surface area (Å²) in [6.07, 6.45) is 0. The number of carbonyl (C=O) groups excluding carboxylic acids is 2. The first-order valence-electron chi connectivity index (χ1n) is 10.0. The Labute approximate surface area is 199 Å². The van der Waals surface area contributed by atoms with Gasteiger partial charge in [0.15, 0.2) is 0 Å². The van der Waals surface area contributed by atoms with Crippen LogP contribution in [0.1, 0.15) is 28.2 Å². The molecule has 3 aromatic rings. The molecule has 4 aliphatic rings. The number of amides is 2. The highest BCUT2D eigenvalue weighted by Crippen LogP contribution is 2.66. The molecule has 8 heteroatoms. The number of benzene rings is 3. The Kier molecular flexibility index (Phi) is 4.08. The Balaban J connectivity index is 1.61. The number of rotatable bonds is 2. The van der Waals surface area contributed by atoms with Gasteiger partial charge in [-0.25, -0.2) is 4.90 Å². The number of hydrogen-bond acceptors (Lipinski definition) is 4. The van der Waals surface area contributed by atoms with E-state index in [9.17, 15) is 19.7 Å². The summed E-state index contributed by atoms with van der Waals surface area (Å²) < 4.78 is -0.382. The van der Waals surface area contributed by atoms with Crippen molar-refractivity contribution in [2.45, 2.75) is 10.2 Å². The number of alkyl halides is 1. The van der Waals surface area contributed by atoms with Crippen LogP contribution < -0.4 is 4.90 Å². The SMILES string of the molecule is O=C1[C@@H]2[C@@H](C(=O)N1c1ccc(Br)cc1[N+](=O)[O-])C1c3ccccc3C2(Br)c2ccccc21. The maximum absolute atomic E-state index is 13.9. The minimum absolute atomic E-state index is 0.00575. The molecule has 2 atom stereocenters. The number of nitrogens with zero attached hydrogens (tertiary/aromatic N) is 2. The number of halogens is 2. The van der Waals surface area contributed by atoms with Gasteiger partial charge in [-0.1, -0.05) is 80.4 Å². The molecule has 3 aliphatic carbocycles. The highest BCUT2D eigenvalue weighted by molar-refractivity contribution is 9.10. The predicted octanol–water partition coefficient (Wildman–Crippen LogP) is 5.26. The summed E-state index contributed by atoms with van der Waals surface area (Å²) in [5.41, 5.74) is 3.68. The van der Waals surface area contributed by atoms with Crippen molar-refractivity contribution in [1.29, 1.82) is 0 Å². The van der Waals surface area contributed by atoms with Gasteiger partial charge in [0.25, 0.3) is 5.69 Å². The van der Waals surface area contributed by atoms with Gasteiger partial charge in [0.05, 0.1) is 21.1 Å². The lowest BCUT2D eigenvalue weighted by Gasteiger charge is -2.51. The molecule has 1 aliphatic heterocycles. The van der Waals surface area contributed by atoms with Crippen LogP contribution in [0.5, 0.6) is 0 Å². The molecule has 0 aromatic heterocycles. The molecule has 7 rings (SSSR count). The summed E-state index contributed by atoms with van der Waals surface area (Å²) >= 11 is 7.16. The normalized spacial score (nSPS) is 27.2. The highest BCUT2D eigenvalue weighted by Gasteiger charge is 2.68. The van der Waals surface area contributed by atoms with Crippen molar-refractivity contribution >= 4 is 55.0 Å². The summed E-state index contributed by atoms with van der Waals surface area (Å²) in [4.78, 5) is 39.9. The van der Waals surface area contributed by atoms with Crippen molar-refractivity contribution in [1.82, 2.24) is 0 Å². The third-order valence-electron chi connectivity index (χ3n) is 6.89. The van der Waals surface area contributed by atoms with Crippen LogP contribution in [0.4, 0.5) is 11.4 Å². The van der Waals surface area contributed by atoms with Gasteiger partial charge in [0.1, 0.15) is 5.69 Å². The first-order chi connectivity index (χ1) is 15.4. The molecule has 0 spiro atoms. The van der Waals surface area contributed by atoms with Gasteiger partial charge < -0.3 is 0 Å². The third-order valence-corrected chi connectivity index (χ3v) is 8.73. The molecule has 32 heavy (non-hydrogen) atoms. The number of nitro benzene ring substituents is 1. The largest absolute Gasteiger partial charge is 0.294 e. The second kappa shape index (κ2) is 6.59. The Morgan fingerprint density at radius 2 is 1.50 bits per heavy atom. The number of carbonyl (C=O) groups is 2. The van der Waals surface area contributed by atoms with Crippen LogP contribution >= 0.6 is 31.9 Å². The van der Waals surface area contributed by atoms with Crippen LogP contribution in [0.25, 0.3) is 0 Å². The summed E-state index contributed by atoms with van der Waals surface area (Å²) in [7, 11) is 0. The van der Waals surface area contributed by atoms with Crippen molar-refractivity contribution in [3.05, 3.63) is 104 Å². The molecule has 6 nitrogen and oxygen atoms in total. The van der Waals surface area contributed by atoms with Crippen molar-refractivity contribution in [3.63, 3.8) is 0 Å². The predicted molar refractivity (Wildman–Crippen MR) is 125 cm³/mol. The Morgan fingerprint density at radius 3 is 2.09 bits per heavy atom. The van der Waals surface area contributed by atoms with E-state index in [1.165, 1.54) is 12.1 Å². The van der Waals surface area contributed by atoms with Gasteiger partial charge in [0, 0.05) is 16.5 Å². The van der Waals surface area contributed by atoms with Crippen LogP contribution in [0.2, 0.25) is 0 Å². The van der Waals surface area contributed by atoms with Crippen LogP contribution in [-0.4, -0.2) is 16.7 Å². The molecule has 0 N–H and O–H groups in total. The van der Waals surface area contributed by atoms with E-state index in [-0.39, 0.29) is 17.3 Å². The van der Waals surface area contributed by atoms with Gasteiger partial charge >= 0.3 is 0 Å². The molecule has 2 amide bonds. The van der Waals surface area contributed by atoms with E-state index in [4.69, 9.17) is 0 Å². The molecule has 0 radical (unpaired) electrons. The van der Waals surface area contributed by atoms with E-state index in [1.54, 1.807) is 6.07 Å². The topological polar surface area (TPSA) is 80.5 Å². The lowest BCUT2D eigenvalue weighted by atomic mass is 9.55. The second-order valence-corrected chi connectivity index (χ2v) is 10.4. The molecule has 2 bridgehead atoms. The average molecular weight is 554 g/mol. The van der Waals surface area contributed by atoms with Crippen molar-refractivity contribution in [2.24, 2.45) is 11.8 Å². The molecule has 0 unspecified atom stereocenters. The minimum atomic E-state index is -0.884. The molecule has 158 valence electrons. The van der Waals surface area contributed by atoms with Crippen LogP contribution in [0.3, 0.4) is 0 Å². The lowest BCUT2D eigenvalue weighted by Crippen LogP contribution is -2.50. The molecule has 1 heterocycles. The first kappa shape index (κ1) is 19.8. The quantitative estimate of drug-likeness (QED) is 0.188. The average Bonchev–Trinajstić information content (AvgIpc) is 3.06. The fourth-order valence-corrected chi connectivity index (χ4v) is 7.30. The molecular formula is C24H14Br2N2O4. The maximum atomic E-state index is 13.9. The smallest absolute Gasteiger partial charge is 0.274 e. The molecule has 3 aromatic carbocycles.